The molecule has 0 aromatic carbocycles. The Labute approximate surface area is 110 Å². The molecule has 98 valence electrons. The number of nitrogens with one attached hydrogen (secondary N) is 1. The predicted octanol–water partition coefficient (Wildman–Crippen LogP) is 0.909. The summed E-state index contributed by atoms with van der Waals surface area (Å²) in [7, 11) is 0. The summed E-state index contributed by atoms with van der Waals surface area (Å²) < 4.78 is 7.36. The molecular formula is C13H14N4O2. The number of fused-ring (bicyclic) bond motifs is 1. The van der Waals surface area contributed by atoms with Gasteiger partial charge in [-0.15, -0.1) is 0 Å². The fourth-order valence-electron chi connectivity index (χ4n) is 2.03. The van der Waals surface area contributed by atoms with Crippen molar-refractivity contribution in [1.82, 2.24) is 20.1 Å². The Bertz CT molecular complexity index is 621. The lowest BCUT2D eigenvalue weighted by Gasteiger charge is -2.13. The molecule has 19 heavy (non-hydrogen) atoms. The molecular weight excluding hydrogens is 244 g/mol. The average molecular weight is 258 g/mol. The molecule has 0 fully saturated rings. The molecule has 0 atom stereocenters. The molecule has 0 bridgehead atoms. The van der Waals surface area contributed by atoms with Crippen LogP contribution in [0.25, 0.3) is 0 Å². The van der Waals surface area contributed by atoms with Crippen LogP contribution < -0.4 is 10.1 Å². The molecule has 2 aromatic rings. The third-order valence-electron chi connectivity index (χ3n) is 2.93. The molecule has 0 aliphatic carbocycles. The Morgan fingerprint density at radius 2 is 2.37 bits per heavy atom. The maximum absolute atomic E-state index is 11.6. The van der Waals surface area contributed by atoms with Gasteiger partial charge in [-0.05, 0) is 19.1 Å². The number of pyridine rings is 1. The van der Waals surface area contributed by atoms with Crippen molar-refractivity contribution in [3.8, 4) is 5.75 Å². The van der Waals surface area contributed by atoms with Crippen molar-refractivity contribution in [2.24, 2.45) is 0 Å². The molecule has 3 rings (SSSR count). The second kappa shape index (κ2) is 4.72. The van der Waals surface area contributed by atoms with Crippen LogP contribution in [-0.4, -0.2) is 27.2 Å². The average Bonchev–Trinajstić information content (AvgIpc) is 2.81. The molecule has 6 nitrogen and oxygen atoms in total. The van der Waals surface area contributed by atoms with E-state index in [-0.39, 0.29) is 5.91 Å². The molecule has 0 saturated carbocycles. The van der Waals surface area contributed by atoms with Crippen molar-refractivity contribution in [3.63, 3.8) is 0 Å². The summed E-state index contributed by atoms with van der Waals surface area (Å²) in [4.78, 5) is 15.7. The van der Waals surface area contributed by atoms with Crippen molar-refractivity contribution < 1.29 is 9.53 Å². The van der Waals surface area contributed by atoms with Crippen LogP contribution in [0.1, 0.15) is 21.9 Å². The van der Waals surface area contributed by atoms with Crippen LogP contribution >= 0.6 is 0 Å². The van der Waals surface area contributed by atoms with E-state index < -0.39 is 0 Å². The number of aromatic nitrogens is 3. The number of hydrogen-bond acceptors (Lipinski definition) is 4. The maximum atomic E-state index is 11.6. The minimum Gasteiger partial charge on any atom is -0.487 e. The van der Waals surface area contributed by atoms with Gasteiger partial charge in [-0.2, -0.15) is 5.10 Å². The Hall–Kier alpha value is -2.37. The molecule has 1 aliphatic heterocycles. The fraction of sp³-hybridized carbons (Fsp3) is 0.308. The summed E-state index contributed by atoms with van der Waals surface area (Å²) in [6.45, 7) is 3.58. The molecule has 6 heteroatoms. The second-order valence-corrected chi connectivity index (χ2v) is 4.42. The Morgan fingerprint density at radius 1 is 1.47 bits per heavy atom. The molecule has 3 heterocycles. The van der Waals surface area contributed by atoms with Crippen LogP contribution in [0.3, 0.4) is 0 Å². The molecule has 0 saturated heterocycles. The highest BCUT2D eigenvalue weighted by atomic mass is 16.5. The number of ether oxygens (including phenoxy) is 1. The van der Waals surface area contributed by atoms with E-state index in [0.717, 1.165) is 17.1 Å². The predicted molar refractivity (Wildman–Crippen MR) is 67.9 cm³/mol. The first-order valence-electron chi connectivity index (χ1n) is 6.13. The second-order valence-electron chi connectivity index (χ2n) is 4.42. The smallest absolute Gasteiger partial charge is 0.269 e. The summed E-state index contributed by atoms with van der Waals surface area (Å²) in [6, 6.07) is 5.43. The third-order valence-corrected chi connectivity index (χ3v) is 2.93. The highest BCUT2D eigenvalue weighted by molar-refractivity contribution is 5.93. The quantitative estimate of drug-likeness (QED) is 0.888. The third kappa shape index (κ3) is 2.42. The van der Waals surface area contributed by atoms with Crippen LogP contribution in [0.15, 0.2) is 24.4 Å². The van der Waals surface area contributed by atoms with Gasteiger partial charge in [0.1, 0.15) is 23.7 Å². The first-order chi connectivity index (χ1) is 9.22. The lowest BCUT2D eigenvalue weighted by molar-refractivity contribution is 0.0924. The van der Waals surface area contributed by atoms with Crippen molar-refractivity contribution in [2.45, 2.75) is 20.1 Å². The Balaban J connectivity index is 1.72. The molecule has 1 aliphatic rings. The van der Waals surface area contributed by atoms with Gasteiger partial charge in [-0.25, -0.2) is 0 Å². The normalized spacial score (nSPS) is 13.8. The highest BCUT2D eigenvalue weighted by Crippen LogP contribution is 2.14. The molecule has 1 amide bonds. The van der Waals surface area contributed by atoms with Crippen LogP contribution in [0, 0.1) is 6.92 Å². The van der Waals surface area contributed by atoms with Gasteiger partial charge >= 0.3 is 0 Å². The summed E-state index contributed by atoms with van der Waals surface area (Å²) >= 11 is 0. The van der Waals surface area contributed by atoms with Crippen LogP contribution in [0.2, 0.25) is 0 Å². The van der Waals surface area contributed by atoms with E-state index in [2.05, 4.69) is 15.4 Å². The molecule has 0 spiro atoms. The van der Waals surface area contributed by atoms with E-state index in [1.54, 1.807) is 23.0 Å². The Morgan fingerprint density at radius 3 is 3.16 bits per heavy atom. The lowest BCUT2D eigenvalue weighted by atomic mass is 10.3. The van der Waals surface area contributed by atoms with E-state index >= 15 is 0 Å². The molecule has 0 radical (unpaired) electrons. The van der Waals surface area contributed by atoms with Crippen molar-refractivity contribution in [1.29, 1.82) is 0 Å². The monoisotopic (exact) mass is 258 g/mol. The number of rotatable bonds is 3. The van der Waals surface area contributed by atoms with Crippen LogP contribution in [0.4, 0.5) is 0 Å². The maximum Gasteiger partial charge on any atom is 0.269 e. The van der Waals surface area contributed by atoms with Crippen LogP contribution in [0.5, 0.6) is 5.75 Å². The van der Waals surface area contributed by atoms with Gasteiger partial charge in [0.05, 0.1) is 6.54 Å². The van der Waals surface area contributed by atoms with E-state index in [1.165, 1.54) is 0 Å². The summed E-state index contributed by atoms with van der Waals surface area (Å²) in [5.41, 5.74) is 2.25. The zero-order valence-corrected chi connectivity index (χ0v) is 10.6. The SMILES string of the molecule is Cc1cc(OCc2cc3n(n2)CCNC3=O)ccn1. The number of nitrogens with zero attached hydrogens (tertiary/aromatic N) is 3. The molecule has 0 unspecified atom stereocenters. The number of amides is 1. The topological polar surface area (TPSA) is 69.0 Å². The van der Waals surface area contributed by atoms with Crippen molar-refractivity contribution in [3.05, 3.63) is 41.5 Å². The lowest BCUT2D eigenvalue weighted by Crippen LogP contribution is -2.35. The highest BCUT2D eigenvalue weighted by Gasteiger charge is 2.19. The standard InChI is InChI=1S/C13H14N4O2/c1-9-6-11(2-3-14-9)19-8-10-7-12-13(18)15-4-5-17(12)16-10/h2-3,6-7H,4-5,8H2,1H3,(H,15,18). The fourth-order valence-corrected chi connectivity index (χ4v) is 2.03. The zero-order valence-electron chi connectivity index (χ0n) is 10.6. The van der Waals surface area contributed by atoms with Gasteiger partial charge in [0.2, 0.25) is 0 Å². The largest absolute Gasteiger partial charge is 0.487 e. The summed E-state index contributed by atoms with van der Waals surface area (Å²) in [5, 5.41) is 7.14. The Kier molecular flexibility index (Phi) is 2.91. The summed E-state index contributed by atoms with van der Waals surface area (Å²) in [6.07, 6.45) is 1.70. The number of carbonyl (C=O) groups is 1. The van der Waals surface area contributed by atoms with Gasteiger partial charge in [-0.3, -0.25) is 14.5 Å². The first kappa shape index (κ1) is 11.7. The van der Waals surface area contributed by atoms with Gasteiger partial charge in [0.25, 0.3) is 5.91 Å². The number of aryl methyl sites for hydroxylation is 1. The summed E-state index contributed by atoms with van der Waals surface area (Å²) in [5.74, 6) is 0.674. The number of carbonyl (C=O) groups excluding carboxylic acids is 1. The van der Waals surface area contributed by atoms with Crippen molar-refractivity contribution in [2.75, 3.05) is 6.54 Å². The van der Waals surface area contributed by atoms with Gasteiger partial charge in [0, 0.05) is 24.5 Å². The van der Waals surface area contributed by atoms with Gasteiger partial charge in [0.15, 0.2) is 0 Å². The van der Waals surface area contributed by atoms with Gasteiger partial charge < -0.3 is 10.1 Å². The minimum atomic E-state index is -0.0789. The van der Waals surface area contributed by atoms with Crippen LogP contribution in [-0.2, 0) is 13.2 Å². The minimum absolute atomic E-state index is 0.0789. The van der Waals surface area contributed by atoms with E-state index in [4.69, 9.17) is 4.74 Å². The zero-order chi connectivity index (χ0) is 13.2. The van der Waals surface area contributed by atoms with E-state index in [1.807, 2.05) is 13.0 Å². The molecule has 2 aromatic heterocycles. The van der Waals surface area contributed by atoms with Crippen molar-refractivity contribution >= 4 is 5.91 Å². The number of hydrogen-bond donors (Lipinski definition) is 1. The van der Waals surface area contributed by atoms with E-state index in [9.17, 15) is 4.79 Å². The molecule has 1 N–H and O–H groups in total. The van der Waals surface area contributed by atoms with E-state index in [0.29, 0.717) is 25.4 Å². The van der Waals surface area contributed by atoms with Gasteiger partial charge in [-0.1, -0.05) is 0 Å². The first-order valence-corrected chi connectivity index (χ1v) is 6.13.